The predicted molar refractivity (Wildman–Crippen MR) is 94.3 cm³/mol. The molecule has 0 heterocycles. The lowest BCUT2D eigenvalue weighted by atomic mass is 10.0. The number of rotatable bonds is 15. The lowest BCUT2D eigenvalue weighted by Crippen LogP contribution is -1.87. The molecule has 20 heavy (non-hydrogen) atoms. The maximum atomic E-state index is 2.33. The van der Waals surface area contributed by atoms with Crippen molar-refractivity contribution in [2.24, 2.45) is 5.92 Å². The zero-order valence-corrected chi connectivity index (χ0v) is 14.6. The summed E-state index contributed by atoms with van der Waals surface area (Å²) in [6, 6.07) is 0. The molecule has 0 saturated heterocycles. The molecule has 0 fully saturated rings. The van der Waals surface area contributed by atoms with Crippen LogP contribution in [0.3, 0.4) is 0 Å². The van der Waals surface area contributed by atoms with E-state index in [0.29, 0.717) is 0 Å². The summed E-state index contributed by atoms with van der Waals surface area (Å²) in [6.07, 6.45) is 24.7. The lowest BCUT2D eigenvalue weighted by Gasteiger charge is -2.04. The van der Waals surface area contributed by atoms with E-state index in [-0.39, 0.29) is 0 Å². The molecule has 0 radical (unpaired) electrons. The van der Waals surface area contributed by atoms with E-state index in [4.69, 9.17) is 0 Å². The van der Waals surface area contributed by atoms with Gasteiger partial charge in [0.15, 0.2) is 0 Å². The molecular formula is C20H40. The predicted octanol–water partition coefficient (Wildman–Crippen LogP) is 7.68. The molecule has 120 valence electrons. The monoisotopic (exact) mass is 280 g/mol. The standard InChI is InChI=1S/C20H40/c1-4-5-6-7-8-9-10-11-12-13-14-15-16-17-18-19-20(2)3/h4-5,20H,6-19H2,1-3H3. The molecule has 0 unspecified atom stereocenters. The van der Waals surface area contributed by atoms with Crippen molar-refractivity contribution in [3.05, 3.63) is 12.2 Å². The Hall–Kier alpha value is -0.260. The summed E-state index contributed by atoms with van der Waals surface area (Å²) in [4.78, 5) is 0. The van der Waals surface area contributed by atoms with Crippen LogP contribution in [-0.4, -0.2) is 0 Å². The Kier molecular flexibility index (Phi) is 16.6. The van der Waals surface area contributed by atoms with Gasteiger partial charge in [-0.1, -0.05) is 103 Å². The maximum absolute atomic E-state index is 2.33. The van der Waals surface area contributed by atoms with Crippen molar-refractivity contribution in [1.29, 1.82) is 0 Å². The van der Waals surface area contributed by atoms with Gasteiger partial charge in [-0.25, -0.2) is 0 Å². The van der Waals surface area contributed by atoms with Crippen molar-refractivity contribution in [2.75, 3.05) is 0 Å². The molecule has 0 aliphatic carbocycles. The van der Waals surface area contributed by atoms with Crippen LogP contribution in [-0.2, 0) is 0 Å². The van der Waals surface area contributed by atoms with Gasteiger partial charge < -0.3 is 0 Å². The van der Waals surface area contributed by atoms with Gasteiger partial charge in [-0.05, 0) is 25.7 Å². The molecule has 0 atom stereocenters. The Labute approximate surface area is 129 Å². The third-order valence-electron chi connectivity index (χ3n) is 4.14. The molecule has 0 spiro atoms. The minimum atomic E-state index is 0.896. The van der Waals surface area contributed by atoms with Gasteiger partial charge in [-0.15, -0.1) is 0 Å². The van der Waals surface area contributed by atoms with Crippen molar-refractivity contribution in [2.45, 2.75) is 111 Å². The molecule has 0 aliphatic heterocycles. The number of unbranched alkanes of at least 4 members (excludes halogenated alkanes) is 12. The van der Waals surface area contributed by atoms with Crippen LogP contribution in [0.25, 0.3) is 0 Å². The van der Waals surface area contributed by atoms with E-state index in [9.17, 15) is 0 Å². The topological polar surface area (TPSA) is 0 Å². The second-order valence-corrected chi connectivity index (χ2v) is 6.78. The van der Waals surface area contributed by atoms with Gasteiger partial charge in [0.25, 0.3) is 0 Å². The molecule has 0 aromatic carbocycles. The normalized spacial score (nSPS) is 11.8. The van der Waals surface area contributed by atoms with Crippen LogP contribution in [0.1, 0.15) is 111 Å². The van der Waals surface area contributed by atoms with Crippen LogP contribution in [0.2, 0.25) is 0 Å². The SMILES string of the molecule is CC=CCCCCCCCCCCCCCCC(C)C. The van der Waals surface area contributed by atoms with Gasteiger partial charge in [0.1, 0.15) is 0 Å². The highest BCUT2D eigenvalue weighted by molar-refractivity contribution is 4.76. The molecule has 0 aromatic heterocycles. The van der Waals surface area contributed by atoms with Crippen molar-refractivity contribution in [3.8, 4) is 0 Å². The molecule has 0 aromatic rings. The highest BCUT2D eigenvalue weighted by Crippen LogP contribution is 2.14. The summed E-state index contributed by atoms with van der Waals surface area (Å²) in [6.45, 7) is 6.78. The summed E-state index contributed by atoms with van der Waals surface area (Å²) in [5, 5.41) is 0. The van der Waals surface area contributed by atoms with Crippen LogP contribution in [0, 0.1) is 5.92 Å². The fourth-order valence-corrected chi connectivity index (χ4v) is 2.75. The Bertz CT molecular complexity index is 190. The Morgan fingerprint density at radius 1 is 0.600 bits per heavy atom. The summed E-state index contributed by atoms with van der Waals surface area (Å²) >= 11 is 0. The van der Waals surface area contributed by atoms with Gasteiger partial charge in [0, 0.05) is 0 Å². The van der Waals surface area contributed by atoms with E-state index in [1.807, 2.05) is 0 Å². The fourth-order valence-electron chi connectivity index (χ4n) is 2.75. The van der Waals surface area contributed by atoms with Crippen LogP contribution in [0.5, 0.6) is 0 Å². The molecule has 0 N–H and O–H groups in total. The largest absolute Gasteiger partial charge is 0.0917 e. The molecule has 0 nitrogen and oxygen atoms in total. The van der Waals surface area contributed by atoms with E-state index in [1.165, 1.54) is 89.9 Å². The van der Waals surface area contributed by atoms with Crippen LogP contribution in [0.15, 0.2) is 12.2 Å². The highest BCUT2D eigenvalue weighted by atomic mass is 14.0. The third kappa shape index (κ3) is 17.7. The molecule has 0 amide bonds. The van der Waals surface area contributed by atoms with Gasteiger partial charge in [-0.2, -0.15) is 0 Å². The van der Waals surface area contributed by atoms with E-state index in [1.54, 1.807) is 0 Å². The van der Waals surface area contributed by atoms with Crippen molar-refractivity contribution >= 4 is 0 Å². The second-order valence-electron chi connectivity index (χ2n) is 6.78. The lowest BCUT2D eigenvalue weighted by molar-refractivity contribution is 0.503. The molecular weight excluding hydrogens is 240 g/mol. The zero-order chi connectivity index (χ0) is 14.9. The van der Waals surface area contributed by atoms with Gasteiger partial charge in [-0.3, -0.25) is 0 Å². The molecule has 0 heteroatoms. The van der Waals surface area contributed by atoms with Gasteiger partial charge >= 0.3 is 0 Å². The van der Waals surface area contributed by atoms with Gasteiger partial charge in [0.05, 0.1) is 0 Å². The Balaban J connectivity index is 2.96. The van der Waals surface area contributed by atoms with Crippen molar-refractivity contribution < 1.29 is 0 Å². The summed E-state index contributed by atoms with van der Waals surface area (Å²) in [5.41, 5.74) is 0. The van der Waals surface area contributed by atoms with E-state index < -0.39 is 0 Å². The highest BCUT2D eigenvalue weighted by Gasteiger charge is 1.95. The Morgan fingerprint density at radius 2 is 1.00 bits per heavy atom. The molecule has 0 saturated carbocycles. The smallest absolute Gasteiger partial charge is 0.0351 e. The Morgan fingerprint density at radius 3 is 1.40 bits per heavy atom. The van der Waals surface area contributed by atoms with E-state index in [2.05, 4.69) is 32.9 Å². The average molecular weight is 281 g/mol. The number of allylic oxidation sites excluding steroid dienone is 2. The summed E-state index contributed by atoms with van der Waals surface area (Å²) in [5.74, 6) is 0.896. The van der Waals surface area contributed by atoms with Crippen molar-refractivity contribution in [1.82, 2.24) is 0 Å². The first-order chi connectivity index (χ1) is 9.77. The quantitative estimate of drug-likeness (QED) is 0.213. The average Bonchev–Trinajstić information content (AvgIpc) is 2.43. The molecule has 0 rings (SSSR count). The minimum Gasteiger partial charge on any atom is -0.0917 e. The summed E-state index contributed by atoms with van der Waals surface area (Å²) in [7, 11) is 0. The second kappa shape index (κ2) is 16.8. The molecule has 0 aliphatic rings. The number of hydrogen-bond acceptors (Lipinski definition) is 0. The van der Waals surface area contributed by atoms with Gasteiger partial charge in [0.2, 0.25) is 0 Å². The third-order valence-corrected chi connectivity index (χ3v) is 4.14. The first-order valence-electron chi connectivity index (χ1n) is 9.38. The maximum Gasteiger partial charge on any atom is -0.0351 e. The first kappa shape index (κ1) is 19.7. The fraction of sp³-hybridized carbons (Fsp3) is 0.900. The number of hydrogen-bond donors (Lipinski definition) is 0. The van der Waals surface area contributed by atoms with Crippen LogP contribution < -0.4 is 0 Å². The van der Waals surface area contributed by atoms with E-state index in [0.717, 1.165) is 5.92 Å². The minimum absolute atomic E-state index is 0.896. The van der Waals surface area contributed by atoms with Crippen LogP contribution >= 0.6 is 0 Å². The zero-order valence-electron chi connectivity index (χ0n) is 14.6. The summed E-state index contributed by atoms with van der Waals surface area (Å²) < 4.78 is 0. The first-order valence-corrected chi connectivity index (χ1v) is 9.38. The van der Waals surface area contributed by atoms with Crippen molar-refractivity contribution in [3.63, 3.8) is 0 Å². The molecule has 0 bridgehead atoms. The van der Waals surface area contributed by atoms with E-state index >= 15 is 0 Å². The van der Waals surface area contributed by atoms with Crippen LogP contribution in [0.4, 0.5) is 0 Å².